The molecule has 0 saturated heterocycles. The molecule has 0 amide bonds. The van der Waals surface area contributed by atoms with Gasteiger partial charge in [-0.3, -0.25) is 4.79 Å². The summed E-state index contributed by atoms with van der Waals surface area (Å²) in [7, 11) is 0. The van der Waals surface area contributed by atoms with Crippen molar-refractivity contribution in [3.63, 3.8) is 0 Å². The van der Waals surface area contributed by atoms with Crippen molar-refractivity contribution in [3.8, 4) is 11.1 Å². The van der Waals surface area contributed by atoms with Gasteiger partial charge in [-0.05, 0) is 47.6 Å². The molecular weight excluding hydrogens is 352 g/mol. The molecular formula is C25H31ClO. The molecule has 1 unspecified atom stereocenters. The Morgan fingerprint density at radius 3 is 2.19 bits per heavy atom. The highest BCUT2D eigenvalue weighted by molar-refractivity contribution is 6.33. The van der Waals surface area contributed by atoms with Gasteiger partial charge in [0.25, 0.3) is 0 Å². The third-order valence-electron chi connectivity index (χ3n) is 6.11. The van der Waals surface area contributed by atoms with Crippen LogP contribution in [0.2, 0.25) is 0 Å². The zero-order chi connectivity index (χ0) is 19.4. The van der Waals surface area contributed by atoms with E-state index in [0.717, 1.165) is 18.4 Å². The van der Waals surface area contributed by atoms with Crippen molar-refractivity contribution in [3.05, 3.63) is 59.2 Å². The number of unbranched alkanes of at least 4 members (excludes halogenated alkanes) is 2. The first-order valence-corrected chi connectivity index (χ1v) is 10.9. The minimum absolute atomic E-state index is 0.0300. The molecule has 0 aromatic heterocycles. The minimum Gasteiger partial charge on any atom is -0.293 e. The Morgan fingerprint density at radius 1 is 0.926 bits per heavy atom. The van der Waals surface area contributed by atoms with Crippen molar-refractivity contribution < 1.29 is 4.79 Å². The van der Waals surface area contributed by atoms with Crippen molar-refractivity contribution >= 4 is 17.4 Å². The topological polar surface area (TPSA) is 17.1 Å². The molecule has 27 heavy (non-hydrogen) atoms. The van der Waals surface area contributed by atoms with Crippen LogP contribution >= 0.6 is 11.6 Å². The summed E-state index contributed by atoms with van der Waals surface area (Å²) >= 11 is 6.28. The second-order valence-electron chi connectivity index (χ2n) is 7.84. The van der Waals surface area contributed by atoms with Gasteiger partial charge >= 0.3 is 0 Å². The van der Waals surface area contributed by atoms with E-state index in [1.165, 1.54) is 47.9 Å². The number of ketones is 1. The van der Waals surface area contributed by atoms with Crippen LogP contribution in [-0.4, -0.2) is 11.2 Å². The number of Topliss-reactive ketones (excluding diaryl/α,β-unsaturated/α-hetero) is 1. The average molecular weight is 383 g/mol. The molecule has 1 aliphatic rings. The molecule has 0 N–H and O–H groups in total. The maximum absolute atomic E-state index is 12.8. The van der Waals surface area contributed by atoms with Gasteiger partial charge in [0, 0.05) is 11.0 Å². The first kappa shape index (κ1) is 20.1. The van der Waals surface area contributed by atoms with E-state index >= 15 is 0 Å². The number of alkyl halides is 1. The highest BCUT2D eigenvalue weighted by atomic mass is 35.5. The number of benzene rings is 2. The quantitative estimate of drug-likeness (QED) is 0.323. The van der Waals surface area contributed by atoms with Crippen LogP contribution in [0.25, 0.3) is 11.1 Å². The molecule has 0 saturated carbocycles. The number of carbonyl (C=O) groups excluding carboxylic acids is 1. The van der Waals surface area contributed by atoms with E-state index < -0.39 is 5.38 Å². The molecule has 2 aromatic carbocycles. The molecule has 0 bridgehead atoms. The van der Waals surface area contributed by atoms with E-state index in [-0.39, 0.29) is 11.2 Å². The van der Waals surface area contributed by atoms with Crippen molar-refractivity contribution in [1.82, 2.24) is 0 Å². The Morgan fingerprint density at radius 2 is 1.56 bits per heavy atom. The monoisotopic (exact) mass is 382 g/mol. The highest BCUT2D eigenvalue weighted by Crippen LogP contribution is 2.54. The first-order chi connectivity index (χ1) is 13.1. The SMILES string of the molecule is CCCCC1(CCCC)c2ccccc2-c2ccc(C(=O)C(Cl)CC)cc21. The normalized spacial score (nSPS) is 15.3. The van der Waals surface area contributed by atoms with E-state index in [2.05, 4.69) is 50.2 Å². The second-order valence-corrected chi connectivity index (χ2v) is 8.36. The summed E-state index contributed by atoms with van der Waals surface area (Å²) in [5, 5.41) is -0.437. The van der Waals surface area contributed by atoms with Crippen LogP contribution < -0.4 is 0 Å². The van der Waals surface area contributed by atoms with Crippen LogP contribution in [-0.2, 0) is 5.41 Å². The number of fused-ring (bicyclic) bond motifs is 3. The summed E-state index contributed by atoms with van der Waals surface area (Å²) in [5.74, 6) is 0.0535. The van der Waals surface area contributed by atoms with E-state index in [1.807, 2.05) is 13.0 Å². The van der Waals surface area contributed by atoms with Gasteiger partial charge in [-0.15, -0.1) is 11.6 Å². The van der Waals surface area contributed by atoms with E-state index in [1.54, 1.807) is 0 Å². The number of carbonyl (C=O) groups is 1. The molecule has 0 spiro atoms. The zero-order valence-electron chi connectivity index (χ0n) is 16.9. The van der Waals surface area contributed by atoms with Gasteiger partial charge < -0.3 is 0 Å². The Hall–Kier alpha value is -1.60. The third-order valence-corrected chi connectivity index (χ3v) is 6.62. The summed E-state index contributed by atoms with van der Waals surface area (Å²) in [5.41, 5.74) is 6.23. The maximum Gasteiger partial charge on any atom is 0.180 e. The summed E-state index contributed by atoms with van der Waals surface area (Å²) in [6, 6.07) is 15.1. The van der Waals surface area contributed by atoms with Crippen LogP contribution in [0.15, 0.2) is 42.5 Å². The fourth-order valence-electron chi connectivity index (χ4n) is 4.60. The first-order valence-electron chi connectivity index (χ1n) is 10.5. The minimum atomic E-state index is -0.437. The Kier molecular flexibility index (Phi) is 6.42. The van der Waals surface area contributed by atoms with Gasteiger partial charge in [-0.25, -0.2) is 0 Å². The fourth-order valence-corrected chi connectivity index (χ4v) is 4.72. The number of halogens is 1. The second kappa shape index (κ2) is 8.61. The predicted octanol–water partition coefficient (Wildman–Crippen LogP) is 7.53. The largest absolute Gasteiger partial charge is 0.293 e. The molecule has 2 aromatic rings. The zero-order valence-corrected chi connectivity index (χ0v) is 17.6. The lowest BCUT2D eigenvalue weighted by Gasteiger charge is -2.33. The average Bonchev–Trinajstić information content (AvgIpc) is 2.99. The van der Waals surface area contributed by atoms with Gasteiger partial charge in [0.1, 0.15) is 0 Å². The molecule has 2 heteroatoms. The highest BCUT2D eigenvalue weighted by Gasteiger charge is 2.42. The van der Waals surface area contributed by atoms with Crippen molar-refractivity contribution in [2.75, 3.05) is 0 Å². The Bertz CT molecular complexity index is 800. The summed E-state index contributed by atoms with van der Waals surface area (Å²) in [6.45, 7) is 6.48. The molecule has 144 valence electrons. The molecule has 0 aliphatic heterocycles. The summed E-state index contributed by atoms with van der Waals surface area (Å²) < 4.78 is 0. The van der Waals surface area contributed by atoms with Gasteiger partial charge in [-0.1, -0.05) is 82.9 Å². The van der Waals surface area contributed by atoms with E-state index in [4.69, 9.17) is 11.6 Å². The van der Waals surface area contributed by atoms with Crippen LogP contribution in [0.3, 0.4) is 0 Å². The van der Waals surface area contributed by atoms with Crippen LogP contribution in [0, 0.1) is 0 Å². The van der Waals surface area contributed by atoms with Crippen molar-refractivity contribution in [2.45, 2.75) is 76.5 Å². The fraction of sp³-hybridized carbons (Fsp3) is 0.480. The molecule has 1 aliphatic carbocycles. The molecule has 3 rings (SSSR count). The standard InChI is InChI=1S/C25H31ClO/c1-4-7-15-25(16-8-5-2)21-12-10-9-11-19(21)20-14-13-18(17-22(20)25)24(27)23(26)6-3/h9-14,17,23H,4-8,15-16H2,1-3H3. The number of hydrogen-bond donors (Lipinski definition) is 0. The molecule has 1 nitrogen and oxygen atoms in total. The number of rotatable bonds is 9. The van der Waals surface area contributed by atoms with E-state index in [0.29, 0.717) is 6.42 Å². The smallest absolute Gasteiger partial charge is 0.180 e. The van der Waals surface area contributed by atoms with E-state index in [9.17, 15) is 4.79 Å². The predicted molar refractivity (Wildman–Crippen MR) is 116 cm³/mol. The number of hydrogen-bond acceptors (Lipinski definition) is 1. The van der Waals surface area contributed by atoms with Gasteiger partial charge in [0.15, 0.2) is 5.78 Å². The van der Waals surface area contributed by atoms with Gasteiger partial charge in [0.2, 0.25) is 0 Å². The van der Waals surface area contributed by atoms with Gasteiger partial charge in [-0.2, -0.15) is 0 Å². The Balaban J connectivity index is 2.17. The Labute approximate surface area is 169 Å². The lowest BCUT2D eigenvalue weighted by atomic mass is 9.70. The third kappa shape index (κ3) is 3.59. The van der Waals surface area contributed by atoms with Crippen LogP contribution in [0.5, 0.6) is 0 Å². The molecule has 0 radical (unpaired) electrons. The summed E-state index contributed by atoms with van der Waals surface area (Å²) in [6.07, 6.45) is 7.71. The van der Waals surface area contributed by atoms with Crippen LogP contribution in [0.4, 0.5) is 0 Å². The molecule has 0 fully saturated rings. The maximum atomic E-state index is 12.8. The lowest BCUT2D eigenvalue weighted by Crippen LogP contribution is -2.26. The lowest BCUT2D eigenvalue weighted by molar-refractivity contribution is 0.0985. The van der Waals surface area contributed by atoms with Gasteiger partial charge in [0.05, 0.1) is 5.38 Å². The van der Waals surface area contributed by atoms with Crippen molar-refractivity contribution in [1.29, 1.82) is 0 Å². The molecule has 1 atom stereocenters. The van der Waals surface area contributed by atoms with Crippen molar-refractivity contribution in [2.24, 2.45) is 0 Å². The van der Waals surface area contributed by atoms with Crippen LogP contribution in [0.1, 0.15) is 87.2 Å². The molecule has 0 heterocycles. The summed E-state index contributed by atoms with van der Waals surface area (Å²) in [4.78, 5) is 12.8.